The van der Waals surface area contributed by atoms with E-state index in [0.29, 0.717) is 6.42 Å². The van der Waals surface area contributed by atoms with Gasteiger partial charge in [-0.25, -0.2) is 0 Å². The molecule has 19 heavy (non-hydrogen) atoms. The fourth-order valence-corrected chi connectivity index (χ4v) is 3.22. The molecular formula is C14H19ClN4. The average Bonchev–Trinajstić information content (AvgIpc) is 2.41. The van der Waals surface area contributed by atoms with Crippen molar-refractivity contribution in [2.24, 2.45) is 5.73 Å². The largest absolute Gasteiger partial charge is 0.401 e. The Labute approximate surface area is 118 Å². The SMILES string of the molecule is CN1CCN(C2=c3ncccc3=C(N)CC2Cl)CC1. The lowest BCUT2D eigenvalue weighted by Gasteiger charge is -2.37. The Kier molecular flexibility index (Phi) is 3.37. The quantitative estimate of drug-likeness (QED) is 0.705. The van der Waals surface area contributed by atoms with Crippen molar-refractivity contribution in [1.82, 2.24) is 14.8 Å². The van der Waals surface area contributed by atoms with E-state index >= 15 is 0 Å². The number of nitrogens with zero attached hydrogens (tertiary/aromatic N) is 3. The summed E-state index contributed by atoms with van der Waals surface area (Å²) in [6, 6.07) is 3.97. The summed E-state index contributed by atoms with van der Waals surface area (Å²) in [7, 11) is 2.15. The van der Waals surface area contributed by atoms with Gasteiger partial charge in [0, 0.05) is 49.7 Å². The zero-order valence-corrected chi connectivity index (χ0v) is 11.9. The first-order valence-corrected chi connectivity index (χ1v) is 7.12. The maximum Gasteiger partial charge on any atom is 0.0925 e. The van der Waals surface area contributed by atoms with Gasteiger partial charge < -0.3 is 15.5 Å². The Balaban J connectivity index is 2.12. The van der Waals surface area contributed by atoms with E-state index in [9.17, 15) is 0 Å². The highest BCUT2D eigenvalue weighted by atomic mass is 35.5. The van der Waals surface area contributed by atoms with Crippen molar-refractivity contribution < 1.29 is 0 Å². The van der Waals surface area contributed by atoms with Crippen LogP contribution in [0, 0.1) is 0 Å². The Hall–Kier alpha value is -1.26. The fourth-order valence-electron chi connectivity index (χ4n) is 2.81. The van der Waals surface area contributed by atoms with E-state index in [0.717, 1.165) is 48.1 Å². The summed E-state index contributed by atoms with van der Waals surface area (Å²) in [5, 5.41) is 1.95. The second kappa shape index (κ2) is 5.02. The van der Waals surface area contributed by atoms with Crippen LogP contribution in [0.3, 0.4) is 0 Å². The third-order valence-electron chi connectivity index (χ3n) is 3.94. The van der Waals surface area contributed by atoms with E-state index in [4.69, 9.17) is 17.3 Å². The number of rotatable bonds is 1. The monoisotopic (exact) mass is 278 g/mol. The number of nitrogens with two attached hydrogens (primary N) is 1. The molecule has 102 valence electrons. The molecule has 0 spiro atoms. The van der Waals surface area contributed by atoms with Crippen molar-refractivity contribution in [2.75, 3.05) is 33.2 Å². The Morgan fingerprint density at radius 2 is 2.05 bits per heavy atom. The second-order valence-electron chi connectivity index (χ2n) is 5.27. The summed E-state index contributed by atoms with van der Waals surface area (Å²) in [6.45, 7) is 4.14. The maximum atomic E-state index is 6.54. The van der Waals surface area contributed by atoms with Gasteiger partial charge in [0.25, 0.3) is 0 Å². The molecule has 1 aromatic heterocycles. The van der Waals surface area contributed by atoms with E-state index in [1.807, 2.05) is 18.3 Å². The highest BCUT2D eigenvalue weighted by molar-refractivity contribution is 6.25. The van der Waals surface area contributed by atoms with Crippen LogP contribution < -0.4 is 16.3 Å². The van der Waals surface area contributed by atoms with Crippen LogP contribution in [-0.2, 0) is 0 Å². The van der Waals surface area contributed by atoms with E-state index in [1.54, 1.807) is 0 Å². The van der Waals surface area contributed by atoms with Crippen molar-refractivity contribution in [1.29, 1.82) is 0 Å². The van der Waals surface area contributed by atoms with E-state index in [1.165, 1.54) is 0 Å². The lowest BCUT2D eigenvalue weighted by molar-refractivity contribution is 0.202. The summed E-state index contributed by atoms with van der Waals surface area (Å²) in [6.07, 6.45) is 2.53. The summed E-state index contributed by atoms with van der Waals surface area (Å²) in [5.41, 5.74) is 8.10. The van der Waals surface area contributed by atoms with Crippen LogP contribution in [0.5, 0.6) is 0 Å². The number of halogens is 1. The number of aromatic nitrogens is 1. The number of fused-ring (bicyclic) bond motifs is 1. The van der Waals surface area contributed by atoms with Gasteiger partial charge in [0.15, 0.2) is 0 Å². The smallest absolute Gasteiger partial charge is 0.0925 e. The minimum Gasteiger partial charge on any atom is -0.401 e. The molecule has 3 rings (SSSR count). The number of pyridine rings is 1. The average molecular weight is 279 g/mol. The molecule has 1 aliphatic carbocycles. The molecule has 1 aliphatic heterocycles. The van der Waals surface area contributed by atoms with Crippen molar-refractivity contribution in [2.45, 2.75) is 11.8 Å². The summed E-state index contributed by atoms with van der Waals surface area (Å²) >= 11 is 6.54. The molecule has 0 aromatic carbocycles. The summed E-state index contributed by atoms with van der Waals surface area (Å²) < 4.78 is 0. The van der Waals surface area contributed by atoms with Crippen LogP contribution in [0.25, 0.3) is 11.4 Å². The molecule has 4 nitrogen and oxygen atoms in total. The number of hydrogen-bond acceptors (Lipinski definition) is 4. The van der Waals surface area contributed by atoms with Gasteiger partial charge in [-0.2, -0.15) is 0 Å². The molecule has 1 atom stereocenters. The van der Waals surface area contributed by atoms with Crippen molar-refractivity contribution in [3.05, 3.63) is 28.9 Å². The minimum atomic E-state index is -0.0641. The van der Waals surface area contributed by atoms with E-state index in [2.05, 4.69) is 21.8 Å². The molecule has 1 aromatic rings. The van der Waals surface area contributed by atoms with Gasteiger partial charge in [-0.15, -0.1) is 11.6 Å². The third kappa shape index (κ3) is 2.30. The van der Waals surface area contributed by atoms with Crippen LogP contribution in [0.4, 0.5) is 0 Å². The number of likely N-dealkylation sites (N-methyl/N-ethyl adjacent to an activating group) is 1. The molecule has 5 heteroatoms. The first-order chi connectivity index (χ1) is 9.16. The maximum absolute atomic E-state index is 6.54. The van der Waals surface area contributed by atoms with Gasteiger partial charge in [0.1, 0.15) is 0 Å². The Bertz CT molecular complexity index is 590. The normalized spacial score (nSPS) is 24.5. The van der Waals surface area contributed by atoms with Gasteiger partial charge in [0.05, 0.1) is 16.4 Å². The molecule has 0 bridgehead atoms. The highest BCUT2D eigenvalue weighted by Gasteiger charge is 2.26. The predicted octanol–water partition coefficient (Wildman–Crippen LogP) is -0.485. The molecule has 0 radical (unpaired) electrons. The van der Waals surface area contributed by atoms with Crippen LogP contribution >= 0.6 is 11.6 Å². The Morgan fingerprint density at radius 1 is 1.32 bits per heavy atom. The van der Waals surface area contributed by atoms with Gasteiger partial charge in [-0.3, -0.25) is 4.98 Å². The molecule has 0 amide bonds. The van der Waals surface area contributed by atoms with Gasteiger partial charge in [0.2, 0.25) is 0 Å². The number of hydrogen-bond donors (Lipinski definition) is 1. The first-order valence-electron chi connectivity index (χ1n) is 6.68. The zero-order chi connectivity index (χ0) is 13.4. The molecule has 1 fully saturated rings. The molecule has 2 N–H and O–H groups in total. The fraction of sp³-hybridized carbons (Fsp3) is 0.500. The van der Waals surface area contributed by atoms with Crippen LogP contribution in [0.1, 0.15) is 6.42 Å². The molecule has 2 heterocycles. The van der Waals surface area contributed by atoms with Crippen LogP contribution in [-0.4, -0.2) is 53.4 Å². The summed E-state index contributed by atoms with van der Waals surface area (Å²) in [5.74, 6) is 0. The lowest BCUT2D eigenvalue weighted by Crippen LogP contribution is -2.51. The van der Waals surface area contributed by atoms with Crippen molar-refractivity contribution >= 4 is 23.0 Å². The highest BCUT2D eigenvalue weighted by Crippen LogP contribution is 2.23. The number of alkyl halides is 1. The topological polar surface area (TPSA) is 45.4 Å². The second-order valence-corrected chi connectivity index (χ2v) is 5.80. The van der Waals surface area contributed by atoms with Crippen molar-refractivity contribution in [3.8, 4) is 0 Å². The van der Waals surface area contributed by atoms with Crippen LogP contribution in [0.2, 0.25) is 0 Å². The van der Waals surface area contributed by atoms with Gasteiger partial charge in [-0.1, -0.05) is 0 Å². The lowest BCUT2D eigenvalue weighted by atomic mass is 10.0. The number of piperazine rings is 1. The van der Waals surface area contributed by atoms with Crippen molar-refractivity contribution in [3.63, 3.8) is 0 Å². The molecule has 1 unspecified atom stereocenters. The molecule has 2 aliphatic rings. The van der Waals surface area contributed by atoms with E-state index < -0.39 is 0 Å². The standard InChI is InChI=1S/C14H19ClN4/c1-18-5-7-19(8-6-18)14-11(15)9-12(16)10-3-2-4-17-13(10)14/h2-4,11H,5-9,16H2,1H3. The summed E-state index contributed by atoms with van der Waals surface area (Å²) in [4.78, 5) is 9.23. The minimum absolute atomic E-state index is 0.0641. The molecular weight excluding hydrogens is 260 g/mol. The van der Waals surface area contributed by atoms with Gasteiger partial charge in [-0.05, 0) is 19.2 Å². The Morgan fingerprint density at radius 3 is 2.79 bits per heavy atom. The third-order valence-corrected chi connectivity index (χ3v) is 4.30. The van der Waals surface area contributed by atoms with Crippen LogP contribution in [0.15, 0.2) is 18.3 Å². The predicted molar refractivity (Wildman–Crippen MR) is 77.8 cm³/mol. The zero-order valence-electron chi connectivity index (χ0n) is 11.1. The first kappa shape index (κ1) is 12.8. The molecule has 0 saturated carbocycles. The van der Waals surface area contributed by atoms with Gasteiger partial charge >= 0.3 is 0 Å². The van der Waals surface area contributed by atoms with E-state index in [-0.39, 0.29) is 5.38 Å². The molecule has 1 saturated heterocycles.